The third-order valence-electron chi connectivity index (χ3n) is 2.49. The fourth-order valence-corrected chi connectivity index (χ4v) is 1.50. The van der Waals surface area contributed by atoms with Crippen LogP contribution < -0.4 is 5.32 Å². The van der Waals surface area contributed by atoms with Gasteiger partial charge >= 0.3 is 5.97 Å². The van der Waals surface area contributed by atoms with Gasteiger partial charge in [0, 0.05) is 30.7 Å². The van der Waals surface area contributed by atoms with Crippen LogP contribution in [0.2, 0.25) is 0 Å². The molecule has 1 amide bonds. The van der Waals surface area contributed by atoms with Gasteiger partial charge in [0.25, 0.3) is 11.6 Å². The molecule has 0 aliphatic rings. The van der Waals surface area contributed by atoms with E-state index in [4.69, 9.17) is 4.74 Å². The monoisotopic (exact) mass is 280 g/mol. The topological polar surface area (TPSA) is 98.5 Å². The van der Waals surface area contributed by atoms with E-state index in [-0.39, 0.29) is 24.0 Å². The molecule has 0 aliphatic heterocycles. The standard InChI is InChI=1S/C13H16N2O5/c1-2-20-12(16)4-3-9-14-13(17)10-5-7-11(8-6-10)15(18)19/h5-8H,2-4,9H2,1H3,(H,14,17). The molecule has 0 bridgehead atoms. The van der Waals surface area contributed by atoms with Crippen LogP contribution in [0.15, 0.2) is 24.3 Å². The second kappa shape index (κ2) is 7.88. The van der Waals surface area contributed by atoms with Gasteiger partial charge in [0.2, 0.25) is 0 Å². The molecule has 0 fully saturated rings. The molecule has 0 unspecified atom stereocenters. The summed E-state index contributed by atoms with van der Waals surface area (Å²) in [6.45, 7) is 2.41. The second-order valence-corrected chi connectivity index (χ2v) is 3.97. The molecule has 7 nitrogen and oxygen atoms in total. The number of esters is 1. The van der Waals surface area contributed by atoms with Crippen molar-refractivity contribution in [1.29, 1.82) is 0 Å². The highest BCUT2D eigenvalue weighted by Crippen LogP contribution is 2.11. The van der Waals surface area contributed by atoms with Crippen molar-refractivity contribution in [2.75, 3.05) is 13.2 Å². The van der Waals surface area contributed by atoms with Crippen molar-refractivity contribution in [3.63, 3.8) is 0 Å². The van der Waals surface area contributed by atoms with Gasteiger partial charge in [0.05, 0.1) is 11.5 Å². The zero-order chi connectivity index (χ0) is 15.0. The number of non-ortho nitro benzene ring substituents is 1. The number of amides is 1. The van der Waals surface area contributed by atoms with Crippen molar-refractivity contribution in [3.05, 3.63) is 39.9 Å². The van der Waals surface area contributed by atoms with Crippen LogP contribution in [0.25, 0.3) is 0 Å². The summed E-state index contributed by atoms with van der Waals surface area (Å²) in [5, 5.41) is 13.1. The number of carbonyl (C=O) groups excluding carboxylic acids is 2. The van der Waals surface area contributed by atoms with Crippen molar-refractivity contribution in [1.82, 2.24) is 5.32 Å². The lowest BCUT2D eigenvalue weighted by Gasteiger charge is -2.05. The minimum absolute atomic E-state index is 0.0659. The number of hydrogen-bond donors (Lipinski definition) is 1. The van der Waals surface area contributed by atoms with E-state index in [0.717, 1.165) is 0 Å². The summed E-state index contributed by atoms with van der Waals surface area (Å²) < 4.78 is 4.75. The van der Waals surface area contributed by atoms with Gasteiger partial charge in [-0.25, -0.2) is 0 Å². The minimum atomic E-state index is -0.527. The molecular formula is C13H16N2O5. The molecule has 0 aliphatic carbocycles. The fraction of sp³-hybridized carbons (Fsp3) is 0.385. The zero-order valence-corrected chi connectivity index (χ0v) is 11.1. The average Bonchev–Trinajstić information content (AvgIpc) is 2.43. The minimum Gasteiger partial charge on any atom is -0.466 e. The lowest BCUT2D eigenvalue weighted by atomic mass is 10.2. The van der Waals surface area contributed by atoms with E-state index in [1.165, 1.54) is 24.3 Å². The van der Waals surface area contributed by atoms with E-state index in [0.29, 0.717) is 25.1 Å². The van der Waals surface area contributed by atoms with Crippen LogP contribution in [-0.2, 0) is 9.53 Å². The first kappa shape index (κ1) is 15.6. The summed E-state index contributed by atoms with van der Waals surface area (Å²) in [6.07, 6.45) is 0.728. The van der Waals surface area contributed by atoms with Crippen LogP contribution in [0.4, 0.5) is 5.69 Å². The summed E-state index contributed by atoms with van der Waals surface area (Å²) in [5.41, 5.74) is 0.274. The molecule has 7 heteroatoms. The Morgan fingerprint density at radius 3 is 2.50 bits per heavy atom. The molecule has 0 heterocycles. The first-order valence-corrected chi connectivity index (χ1v) is 6.23. The van der Waals surface area contributed by atoms with Gasteiger partial charge in [-0.05, 0) is 25.5 Å². The quantitative estimate of drug-likeness (QED) is 0.354. The highest BCUT2D eigenvalue weighted by atomic mass is 16.6. The van der Waals surface area contributed by atoms with Gasteiger partial charge in [0.15, 0.2) is 0 Å². The molecule has 1 N–H and O–H groups in total. The van der Waals surface area contributed by atoms with Crippen LogP contribution >= 0.6 is 0 Å². The Kier molecular flexibility index (Phi) is 6.15. The number of carbonyl (C=O) groups is 2. The molecule has 1 aromatic carbocycles. The molecular weight excluding hydrogens is 264 g/mol. The predicted octanol–water partition coefficient (Wildman–Crippen LogP) is 1.67. The molecule has 1 aromatic rings. The van der Waals surface area contributed by atoms with Crippen LogP contribution in [0, 0.1) is 10.1 Å². The number of nitrogens with one attached hydrogen (secondary N) is 1. The Morgan fingerprint density at radius 1 is 1.30 bits per heavy atom. The Labute approximate surface area is 116 Å². The van der Waals surface area contributed by atoms with E-state index >= 15 is 0 Å². The predicted molar refractivity (Wildman–Crippen MR) is 71.3 cm³/mol. The molecule has 0 saturated heterocycles. The maximum Gasteiger partial charge on any atom is 0.305 e. The normalized spacial score (nSPS) is 9.85. The van der Waals surface area contributed by atoms with Crippen molar-refractivity contribution < 1.29 is 19.2 Å². The Morgan fingerprint density at radius 2 is 1.95 bits per heavy atom. The number of hydrogen-bond acceptors (Lipinski definition) is 5. The number of nitro benzene ring substituents is 1. The van der Waals surface area contributed by atoms with Crippen molar-refractivity contribution in [3.8, 4) is 0 Å². The van der Waals surface area contributed by atoms with Gasteiger partial charge < -0.3 is 10.1 Å². The largest absolute Gasteiger partial charge is 0.466 e. The molecule has 20 heavy (non-hydrogen) atoms. The van der Waals surface area contributed by atoms with E-state index in [9.17, 15) is 19.7 Å². The average molecular weight is 280 g/mol. The summed E-state index contributed by atoms with van der Waals surface area (Å²) >= 11 is 0. The van der Waals surface area contributed by atoms with E-state index < -0.39 is 4.92 Å². The van der Waals surface area contributed by atoms with Crippen molar-refractivity contribution in [2.45, 2.75) is 19.8 Å². The lowest BCUT2D eigenvalue weighted by Crippen LogP contribution is -2.25. The highest BCUT2D eigenvalue weighted by Gasteiger charge is 2.09. The van der Waals surface area contributed by atoms with Crippen LogP contribution in [0.5, 0.6) is 0 Å². The lowest BCUT2D eigenvalue weighted by molar-refractivity contribution is -0.384. The zero-order valence-electron chi connectivity index (χ0n) is 11.1. The molecule has 0 aromatic heterocycles. The maximum atomic E-state index is 11.7. The molecule has 0 saturated carbocycles. The third kappa shape index (κ3) is 5.05. The number of ether oxygens (including phenoxy) is 1. The maximum absolute atomic E-state index is 11.7. The van der Waals surface area contributed by atoms with Gasteiger partial charge in [-0.2, -0.15) is 0 Å². The second-order valence-electron chi connectivity index (χ2n) is 3.97. The molecule has 0 spiro atoms. The van der Waals surface area contributed by atoms with E-state index in [1.54, 1.807) is 6.92 Å². The van der Waals surface area contributed by atoms with Crippen LogP contribution in [0.3, 0.4) is 0 Å². The molecule has 108 valence electrons. The smallest absolute Gasteiger partial charge is 0.305 e. The summed E-state index contributed by atoms with van der Waals surface area (Å²) in [4.78, 5) is 32.7. The summed E-state index contributed by atoms with van der Waals surface area (Å²) in [7, 11) is 0. The Hall–Kier alpha value is -2.44. The molecule has 1 rings (SSSR count). The molecule has 0 radical (unpaired) electrons. The third-order valence-corrected chi connectivity index (χ3v) is 2.49. The summed E-state index contributed by atoms with van der Waals surface area (Å²) in [6, 6.07) is 5.32. The van der Waals surface area contributed by atoms with E-state index in [2.05, 4.69) is 5.32 Å². The first-order valence-electron chi connectivity index (χ1n) is 6.23. The number of rotatable bonds is 7. The SMILES string of the molecule is CCOC(=O)CCCNC(=O)c1ccc([N+](=O)[O-])cc1. The summed E-state index contributed by atoms with van der Waals surface area (Å²) in [5.74, 6) is -0.624. The number of benzene rings is 1. The first-order chi connectivity index (χ1) is 9.54. The van der Waals surface area contributed by atoms with E-state index in [1.807, 2.05) is 0 Å². The number of nitro groups is 1. The van der Waals surface area contributed by atoms with Crippen molar-refractivity contribution >= 4 is 17.6 Å². The van der Waals surface area contributed by atoms with Gasteiger partial charge in [-0.15, -0.1) is 0 Å². The Balaban J connectivity index is 2.36. The number of nitrogens with zero attached hydrogens (tertiary/aromatic N) is 1. The van der Waals surface area contributed by atoms with Gasteiger partial charge in [0.1, 0.15) is 0 Å². The Bertz CT molecular complexity index is 484. The van der Waals surface area contributed by atoms with Gasteiger partial charge in [-0.1, -0.05) is 0 Å². The van der Waals surface area contributed by atoms with Gasteiger partial charge in [-0.3, -0.25) is 19.7 Å². The van der Waals surface area contributed by atoms with Crippen LogP contribution in [0.1, 0.15) is 30.1 Å². The highest BCUT2D eigenvalue weighted by molar-refractivity contribution is 5.94. The molecule has 0 atom stereocenters. The fourth-order valence-electron chi connectivity index (χ4n) is 1.50. The van der Waals surface area contributed by atoms with Crippen LogP contribution in [-0.4, -0.2) is 30.0 Å². The van der Waals surface area contributed by atoms with Crippen molar-refractivity contribution in [2.24, 2.45) is 0 Å².